The van der Waals surface area contributed by atoms with Crippen LogP contribution in [0.25, 0.3) is 39.2 Å². The molecular weight excluding hydrogens is 412 g/mol. The van der Waals surface area contributed by atoms with Gasteiger partial charge in [0.25, 0.3) is 0 Å². The molecule has 1 atom stereocenters. The second-order valence-electron chi connectivity index (χ2n) is 8.03. The Balaban J connectivity index is 1.44. The Morgan fingerprint density at radius 1 is 0.939 bits per heavy atom. The maximum atomic E-state index is 4.88. The summed E-state index contributed by atoms with van der Waals surface area (Å²) in [5.74, 6) is 1.15. The smallest absolute Gasteiger partial charge is 0.186 e. The normalized spacial score (nSPS) is 20.7. The third-order valence-corrected chi connectivity index (χ3v) is 6.15. The van der Waals surface area contributed by atoms with Gasteiger partial charge in [0, 0.05) is 17.1 Å². The minimum Gasteiger partial charge on any atom is -0.307 e. The van der Waals surface area contributed by atoms with Crippen LogP contribution in [0, 0.1) is 11.6 Å². The van der Waals surface area contributed by atoms with Crippen molar-refractivity contribution in [2.24, 2.45) is 20.7 Å². The van der Waals surface area contributed by atoms with Gasteiger partial charge in [-0.3, -0.25) is 0 Å². The Kier molecular flexibility index (Phi) is 3.66. The molecule has 0 amide bonds. The maximum absolute atomic E-state index is 4.88. The molecule has 4 heterocycles. The number of rotatable bonds is 2. The number of allylic oxidation sites excluding steroid dienone is 3. The number of hydrogen-bond acceptors (Lipinski definition) is 8. The monoisotopic (exact) mass is 427 g/mol. The van der Waals surface area contributed by atoms with E-state index in [0.717, 1.165) is 27.7 Å². The number of benzene rings is 2. The van der Waals surface area contributed by atoms with Gasteiger partial charge in [-0.1, -0.05) is 54.6 Å². The largest absolute Gasteiger partial charge is 0.307 e. The van der Waals surface area contributed by atoms with Crippen LogP contribution in [0.2, 0.25) is 0 Å². The standard InChI is InChI=1S/C25H15N8/c1-2-9-18-15(6-1)12-27-23(30-18)20-13-26-19-10-5-7-16(22(19)29-20)21-17-8-3-4-11-25(17)14-28-32-24(25)33-31-21/h1-12,28H,14H2. The highest BCUT2D eigenvalue weighted by molar-refractivity contribution is 6.02. The first-order chi connectivity index (χ1) is 16.3. The predicted octanol–water partition coefficient (Wildman–Crippen LogP) is 4.25. The van der Waals surface area contributed by atoms with Gasteiger partial charge in [-0.25, -0.2) is 19.9 Å². The molecule has 7 rings (SSSR count). The molecule has 8 heteroatoms. The minimum atomic E-state index is -0.424. The topological polar surface area (TPSA) is 101 Å². The zero-order valence-corrected chi connectivity index (χ0v) is 17.3. The first-order valence-electron chi connectivity index (χ1n) is 10.6. The minimum absolute atomic E-state index is 0.424. The molecule has 155 valence electrons. The van der Waals surface area contributed by atoms with E-state index in [1.54, 1.807) is 6.20 Å². The third-order valence-electron chi connectivity index (χ3n) is 6.15. The summed E-state index contributed by atoms with van der Waals surface area (Å²) in [5.41, 5.74) is 8.04. The molecule has 0 saturated carbocycles. The van der Waals surface area contributed by atoms with Gasteiger partial charge in [0.15, 0.2) is 11.7 Å². The first-order valence-corrected chi connectivity index (χ1v) is 10.6. The summed E-state index contributed by atoms with van der Waals surface area (Å²) >= 11 is 0. The van der Waals surface area contributed by atoms with Crippen molar-refractivity contribution in [2.45, 2.75) is 0 Å². The maximum Gasteiger partial charge on any atom is 0.186 e. The van der Waals surface area contributed by atoms with Gasteiger partial charge >= 0.3 is 0 Å². The fourth-order valence-corrected chi connectivity index (χ4v) is 4.50. The SMILES string of the molecule is [c]1nc2cccc(C3=C4C=CC=CC45CNN=C5N=N3)c2nc1-c1ncc2ccccc2n1. The number of para-hydroxylation sites is 2. The van der Waals surface area contributed by atoms with Crippen LogP contribution in [0.15, 0.2) is 93.9 Å². The zero-order valence-electron chi connectivity index (χ0n) is 17.3. The van der Waals surface area contributed by atoms with E-state index in [4.69, 9.17) is 4.98 Å². The summed E-state index contributed by atoms with van der Waals surface area (Å²) in [4.78, 5) is 18.6. The summed E-state index contributed by atoms with van der Waals surface area (Å²) in [6, 6.07) is 13.7. The van der Waals surface area contributed by atoms with Crippen molar-refractivity contribution in [2.75, 3.05) is 6.54 Å². The van der Waals surface area contributed by atoms with Crippen LogP contribution in [-0.4, -0.2) is 32.3 Å². The fourth-order valence-electron chi connectivity index (χ4n) is 4.50. The molecule has 3 aliphatic rings. The molecular formula is C25H15N8. The molecule has 1 N–H and O–H groups in total. The lowest BCUT2D eigenvalue weighted by Gasteiger charge is -2.31. The van der Waals surface area contributed by atoms with Crippen LogP contribution in [-0.2, 0) is 0 Å². The molecule has 0 fully saturated rings. The van der Waals surface area contributed by atoms with Gasteiger partial charge in [-0.05, 0) is 17.7 Å². The van der Waals surface area contributed by atoms with Crippen LogP contribution >= 0.6 is 0 Å². The Hall–Kier alpha value is -4.59. The summed E-state index contributed by atoms with van der Waals surface area (Å²) in [6.07, 6.45) is 13.0. The van der Waals surface area contributed by atoms with Crippen LogP contribution in [0.5, 0.6) is 0 Å². The highest BCUT2D eigenvalue weighted by Crippen LogP contribution is 2.45. The lowest BCUT2D eigenvalue weighted by atomic mass is 9.74. The number of azo groups is 1. The van der Waals surface area contributed by atoms with E-state index in [0.29, 0.717) is 34.9 Å². The number of nitrogens with one attached hydrogen (secondary N) is 1. The second-order valence-corrected chi connectivity index (χ2v) is 8.03. The van der Waals surface area contributed by atoms with Gasteiger partial charge in [0.1, 0.15) is 11.9 Å². The lowest BCUT2D eigenvalue weighted by Crippen LogP contribution is -2.34. The van der Waals surface area contributed by atoms with E-state index < -0.39 is 5.41 Å². The summed E-state index contributed by atoms with van der Waals surface area (Å²) in [5, 5.41) is 14.3. The van der Waals surface area contributed by atoms with E-state index in [2.05, 4.69) is 54.1 Å². The summed E-state index contributed by atoms with van der Waals surface area (Å²) < 4.78 is 0. The molecule has 1 aliphatic carbocycles. The Morgan fingerprint density at radius 2 is 1.88 bits per heavy atom. The molecule has 2 aromatic carbocycles. The lowest BCUT2D eigenvalue weighted by molar-refractivity contribution is 0.611. The quantitative estimate of drug-likeness (QED) is 0.516. The van der Waals surface area contributed by atoms with Crippen LogP contribution in [0.1, 0.15) is 5.56 Å². The van der Waals surface area contributed by atoms with E-state index in [-0.39, 0.29) is 0 Å². The number of amidine groups is 1. The molecule has 1 spiro atoms. The zero-order chi connectivity index (χ0) is 21.8. The molecule has 0 bridgehead atoms. The van der Waals surface area contributed by atoms with Gasteiger partial charge in [0.05, 0.1) is 34.2 Å². The summed E-state index contributed by atoms with van der Waals surface area (Å²) in [7, 11) is 0. The molecule has 2 aliphatic heterocycles. The Morgan fingerprint density at radius 3 is 2.88 bits per heavy atom. The van der Waals surface area contributed by atoms with Gasteiger partial charge in [-0.15, -0.1) is 10.2 Å². The van der Waals surface area contributed by atoms with Crippen LogP contribution in [0.4, 0.5) is 0 Å². The predicted molar refractivity (Wildman–Crippen MR) is 125 cm³/mol. The number of hydrogen-bond donors (Lipinski definition) is 1. The van der Waals surface area contributed by atoms with Crippen LogP contribution in [0.3, 0.4) is 0 Å². The van der Waals surface area contributed by atoms with Gasteiger partial charge in [0.2, 0.25) is 0 Å². The van der Waals surface area contributed by atoms with E-state index in [1.807, 2.05) is 54.6 Å². The number of aromatic nitrogens is 4. The number of fused-ring (bicyclic) bond motifs is 2. The van der Waals surface area contributed by atoms with Crippen molar-refractivity contribution < 1.29 is 0 Å². The second kappa shape index (κ2) is 6.70. The van der Waals surface area contributed by atoms with Crippen molar-refractivity contribution in [1.29, 1.82) is 0 Å². The highest BCUT2D eigenvalue weighted by atomic mass is 15.4. The van der Waals surface area contributed by atoms with Crippen LogP contribution < -0.4 is 5.43 Å². The Labute approximate surface area is 188 Å². The average Bonchev–Trinajstić information content (AvgIpc) is 3.29. The third kappa shape index (κ3) is 2.61. The van der Waals surface area contributed by atoms with E-state index >= 15 is 0 Å². The van der Waals surface area contributed by atoms with E-state index in [9.17, 15) is 0 Å². The molecule has 4 aromatic rings. The fraction of sp³-hybridized carbons (Fsp3) is 0.0800. The molecule has 1 radical (unpaired) electrons. The van der Waals surface area contributed by atoms with Crippen molar-refractivity contribution in [3.63, 3.8) is 0 Å². The Bertz CT molecular complexity index is 1630. The number of nitrogens with zero attached hydrogens (tertiary/aromatic N) is 7. The van der Waals surface area contributed by atoms with Gasteiger partial charge < -0.3 is 5.43 Å². The molecule has 0 saturated heterocycles. The van der Waals surface area contributed by atoms with Crippen molar-refractivity contribution in [3.05, 3.63) is 90.3 Å². The first kappa shape index (κ1) is 18.0. The molecule has 1 unspecified atom stereocenters. The van der Waals surface area contributed by atoms with Crippen molar-refractivity contribution in [1.82, 2.24) is 25.4 Å². The molecule has 33 heavy (non-hydrogen) atoms. The van der Waals surface area contributed by atoms with Crippen molar-refractivity contribution in [3.8, 4) is 11.5 Å². The molecule has 2 aromatic heterocycles. The highest BCUT2D eigenvalue weighted by Gasteiger charge is 2.45. The average molecular weight is 427 g/mol. The van der Waals surface area contributed by atoms with Gasteiger partial charge in [-0.2, -0.15) is 5.10 Å². The van der Waals surface area contributed by atoms with E-state index in [1.165, 1.54) is 0 Å². The summed E-state index contributed by atoms with van der Waals surface area (Å²) in [6.45, 7) is 0.640. The molecule has 8 nitrogen and oxygen atoms in total. The van der Waals surface area contributed by atoms with Crippen molar-refractivity contribution >= 4 is 33.5 Å². The number of hydrazone groups is 1.